The van der Waals surface area contributed by atoms with Crippen LogP contribution in [-0.2, 0) is 6.42 Å². The summed E-state index contributed by atoms with van der Waals surface area (Å²) in [6.45, 7) is 1.95. The van der Waals surface area contributed by atoms with E-state index in [9.17, 15) is 5.11 Å². The highest BCUT2D eigenvalue weighted by Crippen LogP contribution is 2.30. The van der Waals surface area contributed by atoms with Crippen LogP contribution in [0.4, 0.5) is 0 Å². The first-order chi connectivity index (χ1) is 7.74. The molecule has 84 valence electrons. The molecule has 1 N–H and O–H groups in total. The standard InChI is InChI=1S/C11H12N2O3/c1-3-10-12-11(16-13-10)7-4-5-8(14)9(6-7)15-2/h4-6,14H,3H2,1-2H3. The predicted molar refractivity (Wildman–Crippen MR) is 57.3 cm³/mol. The maximum atomic E-state index is 9.44. The van der Waals surface area contributed by atoms with E-state index in [4.69, 9.17) is 9.26 Å². The van der Waals surface area contributed by atoms with Gasteiger partial charge in [0.15, 0.2) is 17.3 Å². The topological polar surface area (TPSA) is 68.4 Å². The number of hydrogen-bond acceptors (Lipinski definition) is 5. The number of benzene rings is 1. The van der Waals surface area contributed by atoms with E-state index >= 15 is 0 Å². The zero-order valence-electron chi connectivity index (χ0n) is 9.10. The van der Waals surface area contributed by atoms with Gasteiger partial charge < -0.3 is 14.4 Å². The molecular formula is C11H12N2O3. The highest BCUT2D eigenvalue weighted by Gasteiger charge is 2.10. The molecule has 16 heavy (non-hydrogen) atoms. The molecule has 1 heterocycles. The van der Waals surface area contributed by atoms with Crippen molar-refractivity contribution >= 4 is 0 Å². The lowest BCUT2D eigenvalue weighted by atomic mass is 10.2. The fraction of sp³-hybridized carbons (Fsp3) is 0.273. The Balaban J connectivity index is 2.40. The van der Waals surface area contributed by atoms with Gasteiger partial charge in [-0.3, -0.25) is 0 Å². The maximum Gasteiger partial charge on any atom is 0.258 e. The first-order valence-electron chi connectivity index (χ1n) is 4.94. The Hall–Kier alpha value is -2.04. The van der Waals surface area contributed by atoms with Crippen LogP contribution in [0.15, 0.2) is 22.7 Å². The molecule has 0 unspecified atom stereocenters. The summed E-state index contributed by atoms with van der Waals surface area (Å²) >= 11 is 0. The monoisotopic (exact) mass is 220 g/mol. The molecule has 5 nitrogen and oxygen atoms in total. The van der Waals surface area contributed by atoms with Crippen LogP contribution in [0.1, 0.15) is 12.7 Å². The number of aryl methyl sites for hydroxylation is 1. The van der Waals surface area contributed by atoms with Gasteiger partial charge in [-0.15, -0.1) is 0 Å². The quantitative estimate of drug-likeness (QED) is 0.856. The van der Waals surface area contributed by atoms with Crippen molar-refractivity contribution < 1.29 is 14.4 Å². The van der Waals surface area contributed by atoms with E-state index in [1.807, 2.05) is 6.92 Å². The molecule has 2 rings (SSSR count). The first-order valence-corrected chi connectivity index (χ1v) is 4.94. The molecule has 1 aromatic carbocycles. The Labute approximate surface area is 92.7 Å². The molecule has 5 heteroatoms. The third kappa shape index (κ3) is 1.84. The highest BCUT2D eigenvalue weighted by molar-refractivity contribution is 5.59. The Bertz CT molecular complexity index is 494. The minimum atomic E-state index is 0.0847. The van der Waals surface area contributed by atoms with Crippen LogP contribution < -0.4 is 4.74 Å². The third-order valence-electron chi connectivity index (χ3n) is 2.21. The molecule has 0 atom stereocenters. The van der Waals surface area contributed by atoms with E-state index in [1.54, 1.807) is 12.1 Å². The second-order valence-corrected chi connectivity index (χ2v) is 3.26. The largest absolute Gasteiger partial charge is 0.504 e. The minimum absolute atomic E-state index is 0.0847. The summed E-state index contributed by atoms with van der Waals surface area (Å²) in [5, 5.41) is 13.2. The summed E-state index contributed by atoms with van der Waals surface area (Å²) in [6.07, 6.45) is 0.721. The molecule has 0 spiro atoms. The van der Waals surface area contributed by atoms with Gasteiger partial charge in [-0.05, 0) is 18.2 Å². The summed E-state index contributed by atoms with van der Waals surface area (Å²) in [4.78, 5) is 4.19. The van der Waals surface area contributed by atoms with Crippen molar-refractivity contribution in [3.63, 3.8) is 0 Å². The number of aromatic hydroxyl groups is 1. The van der Waals surface area contributed by atoms with Crippen molar-refractivity contribution in [3.8, 4) is 23.0 Å². The fourth-order valence-corrected chi connectivity index (χ4v) is 1.33. The predicted octanol–water partition coefficient (Wildman–Crippen LogP) is 2.01. The normalized spacial score (nSPS) is 10.4. The number of ether oxygens (including phenoxy) is 1. The van der Waals surface area contributed by atoms with Crippen molar-refractivity contribution in [1.82, 2.24) is 10.1 Å². The Morgan fingerprint density at radius 3 is 2.88 bits per heavy atom. The van der Waals surface area contributed by atoms with Gasteiger partial charge in [0, 0.05) is 12.0 Å². The lowest BCUT2D eigenvalue weighted by Crippen LogP contribution is -1.86. The Kier molecular flexibility index (Phi) is 2.76. The van der Waals surface area contributed by atoms with Gasteiger partial charge in [-0.1, -0.05) is 12.1 Å². The molecule has 1 aromatic heterocycles. The van der Waals surface area contributed by atoms with Crippen LogP contribution in [0.25, 0.3) is 11.5 Å². The van der Waals surface area contributed by atoms with Gasteiger partial charge in [0.05, 0.1) is 7.11 Å². The maximum absolute atomic E-state index is 9.44. The van der Waals surface area contributed by atoms with Crippen LogP contribution in [0.2, 0.25) is 0 Å². The summed E-state index contributed by atoms with van der Waals surface area (Å²) in [5.41, 5.74) is 0.724. The van der Waals surface area contributed by atoms with E-state index in [1.165, 1.54) is 13.2 Å². The molecule has 0 fully saturated rings. The molecule has 0 radical (unpaired) electrons. The lowest BCUT2D eigenvalue weighted by Gasteiger charge is -2.03. The zero-order chi connectivity index (χ0) is 11.5. The zero-order valence-corrected chi connectivity index (χ0v) is 9.10. The van der Waals surface area contributed by atoms with Crippen LogP contribution >= 0.6 is 0 Å². The smallest absolute Gasteiger partial charge is 0.258 e. The Morgan fingerprint density at radius 2 is 2.25 bits per heavy atom. The minimum Gasteiger partial charge on any atom is -0.504 e. The molecule has 0 saturated carbocycles. The average Bonchev–Trinajstić information content (AvgIpc) is 2.78. The van der Waals surface area contributed by atoms with Crippen molar-refractivity contribution in [2.75, 3.05) is 7.11 Å². The van der Waals surface area contributed by atoms with Crippen molar-refractivity contribution in [3.05, 3.63) is 24.0 Å². The van der Waals surface area contributed by atoms with E-state index in [-0.39, 0.29) is 5.75 Å². The molecular weight excluding hydrogens is 208 g/mol. The summed E-state index contributed by atoms with van der Waals surface area (Å²) in [5.74, 6) is 1.55. The van der Waals surface area contributed by atoms with Crippen LogP contribution in [0.3, 0.4) is 0 Å². The molecule has 0 saturated heterocycles. The number of aromatic nitrogens is 2. The van der Waals surface area contributed by atoms with Gasteiger partial charge in [0.2, 0.25) is 0 Å². The molecule has 0 aliphatic rings. The molecule has 0 amide bonds. The van der Waals surface area contributed by atoms with Crippen LogP contribution in [-0.4, -0.2) is 22.4 Å². The van der Waals surface area contributed by atoms with Crippen LogP contribution in [0.5, 0.6) is 11.5 Å². The number of hydrogen-bond donors (Lipinski definition) is 1. The lowest BCUT2D eigenvalue weighted by molar-refractivity contribution is 0.373. The number of phenolic OH excluding ortho intramolecular Hbond substituents is 1. The van der Waals surface area contributed by atoms with E-state index in [0.29, 0.717) is 17.5 Å². The second-order valence-electron chi connectivity index (χ2n) is 3.26. The van der Waals surface area contributed by atoms with E-state index in [2.05, 4.69) is 10.1 Å². The first kappa shape index (κ1) is 10.5. The van der Waals surface area contributed by atoms with Gasteiger partial charge in [0.1, 0.15) is 0 Å². The third-order valence-corrected chi connectivity index (χ3v) is 2.21. The van der Waals surface area contributed by atoms with Crippen molar-refractivity contribution in [1.29, 1.82) is 0 Å². The summed E-state index contributed by atoms with van der Waals surface area (Å²) in [7, 11) is 1.49. The van der Waals surface area contributed by atoms with E-state index < -0.39 is 0 Å². The molecule has 0 aliphatic carbocycles. The number of methoxy groups -OCH3 is 1. The van der Waals surface area contributed by atoms with E-state index in [0.717, 1.165) is 12.0 Å². The van der Waals surface area contributed by atoms with Gasteiger partial charge >= 0.3 is 0 Å². The fourth-order valence-electron chi connectivity index (χ4n) is 1.33. The number of phenols is 1. The number of nitrogens with zero attached hydrogens (tertiary/aromatic N) is 2. The average molecular weight is 220 g/mol. The van der Waals surface area contributed by atoms with Gasteiger partial charge in [-0.25, -0.2) is 0 Å². The van der Waals surface area contributed by atoms with Gasteiger partial charge in [-0.2, -0.15) is 4.98 Å². The van der Waals surface area contributed by atoms with Crippen molar-refractivity contribution in [2.45, 2.75) is 13.3 Å². The van der Waals surface area contributed by atoms with Crippen LogP contribution in [0, 0.1) is 0 Å². The summed E-state index contributed by atoms with van der Waals surface area (Å²) in [6, 6.07) is 4.89. The molecule has 0 aliphatic heterocycles. The SMILES string of the molecule is CCc1noc(-c2ccc(O)c(OC)c2)n1. The van der Waals surface area contributed by atoms with Gasteiger partial charge in [0.25, 0.3) is 5.89 Å². The highest BCUT2D eigenvalue weighted by atomic mass is 16.5. The summed E-state index contributed by atoms with van der Waals surface area (Å²) < 4.78 is 10.1. The molecule has 2 aromatic rings. The second kappa shape index (κ2) is 4.22. The number of rotatable bonds is 3. The Morgan fingerprint density at radius 1 is 1.44 bits per heavy atom. The molecule has 0 bridgehead atoms. The van der Waals surface area contributed by atoms with Crippen molar-refractivity contribution in [2.24, 2.45) is 0 Å².